The quantitative estimate of drug-likeness (QED) is 0.868. The third-order valence-electron chi connectivity index (χ3n) is 3.17. The predicted octanol–water partition coefficient (Wildman–Crippen LogP) is 3.18. The van der Waals surface area contributed by atoms with Gasteiger partial charge in [-0.1, -0.05) is 18.2 Å². The van der Waals surface area contributed by atoms with Gasteiger partial charge in [-0.3, -0.25) is 0 Å². The fourth-order valence-electron chi connectivity index (χ4n) is 2.15. The number of thioether (sulfide) groups is 1. The second-order valence-electron chi connectivity index (χ2n) is 4.43. The van der Waals surface area contributed by atoms with E-state index in [-0.39, 0.29) is 0 Å². The Labute approximate surface area is 108 Å². The zero-order chi connectivity index (χ0) is 11.9. The molecule has 1 aromatic carbocycles. The van der Waals surface area contributed by atoms with Crippen molar-refractivity contribution in [3.8, 4) is 0 Å². The Morgan fingerprint density at radius 3 is 2.82 bits per heavy atom. The van der Waals surface area contributed by atoms with Crippen molar-refractivity contribution < 1.29 is 4.74 Å². The van der Waals surface area contributed by atoms with E-state index in [1.165, 1.54) is 35.6 Å². The first-order chi connectivity index (χ1) is 8.40. The number of rotatable bonds is 5. The first kappa shape index (κ1) is 12.8. The maximum absolute atomic E-state index is 5.16. The van der Waals surface area contributed by atoms with E-state index in [0.29, 0.717) is 6.04 Å². The fraction of sp³-hybridized carbons (Fsp3) is 0.571. The molecule has 0 bridgehead atoms. The second kappa shape index (κ2) is 6.92. The van der Waals surface area contributed by atoms with Gasteiger partial charge in [0, 0.05) is 18.8 Å². The number of ether oxygens (including phenoxy) is 1. The minimum Gasteiger partial charge on any atom is -0.384 e. The first-order valence-corrected chi connectivity index (χ1v) is 7.47. The lowest BCUT2D eigenvalue weighted by atomic mass is 10.1. The number of nitrogens with one attached hydrogen (secondary N) is 1. The van der Waals surface area contributed by atoms with Crippen LogP contribution < -0.4 is 5.32 Å². The predicted molar refractivity (Wildman–Crippen MR) is 76.0 cm³/mol. The van der Waals surface area contributed by atoms with Crippen molar-refractivity contribution in [1.82, 2.24) is 0 Å². The molecule has 0 radical (unpaired) electrons. The third-order valence-corrected chi connectivity index (χ3v) is 4.22. The summed E-state index contributed by atoms with van der Waals surface area (Å²) >= 11 is 2.07. The van der Waals surface area contributed by atoms with Gasteiger partial charge in [0.05, 0.1) is 6.61 Å². The smallest absolute Gasteiger partial charge is 0.0503 e. The van der Waals surface area contributed by atoms with Crippen LogP contribution in [0.5, 0.6) is 0 Å². The first-order valence-electron chi connectivity index (χ1n) is 6.31. The van der Waals surface area contributed by atoms with E-state index in [2.05, 4.69) is 41.3 Å². The van der Waals surface area contributed by atoms with Crippen LogP contribution in [0.4, 0.5) is 5.69 Å². The maximum Gasteiger partial charge on any atom is 0.0503 e. The molecule has 1 fully saturated rings. The topological polar surface area (TPSA) is 21.3 Å². The van der Waals surface area contributed by atoms with Crippen molar-refractivity contribution in [2.75, 3.05) is 30.5 Å². The van der Waals surface area contributed by atoms with Gasteiger partial charge >= 0.3 is 0 Å². The van der Waals surface area contributed by atoms with Gasteiger partial charge in [0.15, 0.2) is 0 Å². The lowest BCUT2D eigenvalue weighted by molar-refractivity contribution is 0.202. The van der Waals surface area contributed by atoms with Gasteiger partial charge in [-0.25, -0.2) is 0 Å². The largest absolute Gasteiger partial charge is 0.384 e. The highest BCUT2D eigenvalue weighted by Crippen LogP contribution is 2.23. The molecule has 1 N–H and O–H groups in total. The van der Waals surface area contributed by atoms with Crippen molar-refractivity contribution in [1.29, 1.82) is 0 Å². The SMILES string of the molecule is COCCc1ccccc1NC1CCSCC1. The summed E-state index contributed by atoms with van der Waals surface area (Å²) in [6, 6.07) is 9.24. The van der Waals surface area contributed by atoms with Crippen molar-refractivity contribution >= 4 is 17.4 Å². The Hall–Kier alpha value is -0.670. The summed E-state index contributed by atoms with van der Waals surface area (Å²) in [5.74, 6) is 2.58. The maximum atomic E-state index is 5.16. The van der Waals surface area contributed by atoms with Gasteiger partial charge in [0.2, 0.25) is 0 Å². The van der Waals surface area contributed by atoms with E-state index in [9.17, 15) is 0 Å². The Balaban J connectivity index is 1.98. The van der Waals surface area contributed by atoms with Gasteiger partial charge in [0.25, 0.3) is 0 Å². The number of hydrogen-bond acceptors (Lipinski definition) is 3. The minimum atomic E-state index is 0.653. The highest BCUT2D eigenvalue weighted by atomic mass is 32.2. The van der Waals surface area contributed by atoms with Crippen molar-refractivity contribution in [3.05, 3.63) is 29.8 Å². The summed E-state index contributed by atoms with van der Waals surface area (Å²) in [6.07, 6.45) is 3.55. The molecule has 0 atom stereocenters. The molecule has 1 saturated heterocycles. The van der Waals surface area contributed by atoms with E-state index < -0.39 is 0 Å². The van der Waals surface area contributed by atoms with Gasteiger partial charge in [-0.15, -0.1) is 0 Å². The summed E-state index contributed by atoms with van der Waals surface area (Å²) < 4.78 is 5.16. The van der Waals surface area contributed by atoms with Gasteiger partial charge < -0.3 is 10.1 Å². The molecule has 2 rings (SSSR count). The standard InChI is InChI=1S/C14H21NOS/c1-16-9-6-12-4-2-3-5-14(12)15-13-7-10-17-11-8-13/h2-5,13,15H,6-11H2,1H3. The van der Waals surface area contributed by atoms with Crippen LogP contribution in [0.1, 0.15) is 18.4 Å². The summed E-state index contributed by atoms with van der Waals surface area (Å²) in [5, 5.41) is 3.69. The number of hydrogen-bond donors (Lipinski definition) is 1. The molecule has 0 aliphatic carbocycles. The summed E-state index contributed by atoms with van der Waals surface area (Å²) in [6.45, 7) is 0.791. The van der Waals surface area contributed by atoms with E-state index in [1.54, 1.807) is 7.11 Å². The zero-order valence-corrected chi connectivity index (χ0v) is 11.3. The Morgan fingerprint density at radius 1 is 1.29 bits per heavy atom. The van der Waals surface area contributed by atoms with Crippen molar-refractivity contribution in [2.24, 2.45) is 0 Å². The normalized spacial score (nSPS) is 17.0. The average Bonchev–Trinajstić information content (AvgIpc) is 2.39. The lowest BCUT2D eigenvalue weighted by Gasteiger charge is -2.25. The zero-order valence-electron chi connectivity index (χ0n) is 10.4. The monoisotopic (exact) mass is 251 g/mol. The van der Waals surface area contributed by atoms with Crippen LogP contribution in [-0.2, 0) is 11.2 Å². The van der Waals surface area contributed by atoms with E-state index in [1.807, 2.05) is 0 Å². The number of para-hydroxylation sites is 1. The molecule has 0 amide bonds. The highest BCUT2D eigenvalue weighted by molar-refractivity contribution is 7.99. The van der Waals surface area contributed by atoms with Crippen LogP contribution in [0.2, 0.25) is 0 Å². The lowest BCUT2D eigenvalue weighted by Crippen LogP contribution is -2.25. The van der Waals surface area contributed by atoms with Gasteiger partial charge in [-0.2, -0.15) is 11.8 Å². The Bertz CT molecular complexity index is 337. The number of benzene rings is 1. The molecule has 0 saturated carbocycles. The molecule has 1 aliphatic rings. The Kier molecular flexibility index (Phi) is 5.20. The van der Waals surface area contributed by atoms with Crippen LogP contribution >= 0.6 is 11.8 Å². The summed E-state index contributed by atoms with van der Waals surface area (Å²) in [4.78, 5) is 0. The summed E-state index contributed by atoms with van der Waals surface area (Å²) in [7, 11) is 1.76. The van der Waals surface area contributed by atoms with E-state index >= 15 is 0 Å². The fourth-order valence-corrected chi connectivity index (χ4v) is 3.26. The van der Waals surface area contributed by atoms with Gasteiger partial charge in [0.1, 0.15) is 0 Å². The molecule has 1 aliphatic heterocycles. The summed E-state index contributed by atoms with van der Waals surface area (Å²) in [5.41, 5.74) is 2.66. The van der Waals surface area contributed by atoms with Crippen molar-refractivity contribution in [3.63, 3.8) is 0 Å². The Morgan fingerprint density at radius 2 is 2.06 bits per heavy atom. The van der Waals surface area contributed by atoms with Crippen LogP contribution in [-0.4, -0.2) is 31.3 Å². The second-order valence-corrected chi connectivity index (χ2v) is 5.66. The molecule has 17 heavy (non-hydrogen) atoms. The number of anilines is 1. The molecule has 0 aromatic heterocycles. The third kappa shape index (κ3) is 3.93. The van der Waals surface area contributed by atoms with Crippen LogP contribution in [0.3, 0.4) is 0 Å². The molecule has 1 aromatic rings. The van der Waals surface area contributed by atoms with Crippen LogP contribution in [0.25, 0.3) is 0 Å². The van der Waals surface area contributed by atoms with Crippen LogP contribution in [0, 0.1) is 0 Å². The average molecular weight is 251 g/mol. The van der Waals surface area contributed by atoms with Crippen molar-refractivity contribution in [2.45, 2.75) is 25.3 Å². The molecule has 0 spiro atoms. The van der Waals surface area contributed by atoms with E-state index in [4.69, 9.17) is 4.74 Å². The molecule has 1 heterocycles. The number of methoxy groups -OCH3 is 1. The van der Waals surface area contributed by atoms with E-state index in [0.717, 1.165) is 13.0 Å². The highest BCUT2D eigenvalue weighted by Gasteiger charge is 2.14. The molecule has 0 unspecified atom stereocenters. The molecule has 2 nitrogen and oxygen atoms in total. The van der Waals surface area contributed by atoms with Crippen LogP contribution in [0.15, 0.2) is 24.3 Å². The minimum absolute atomic E-state index is 0.653. The molecule has 3 heteroatoms. The molecule has 94 valence electrons. The van der Waals surface area contributed by atoms with Gasteiger partial charge in [-0.05, 0) is 42.4 Å². The molecular formula is C14H21NOS. The molecular weight excluding hydrogens is 230 g/mol.